The molecule has 1 fully saturated rings. The van der Waals surface area contributed by atoms with Gasteiger partial charge in [-0.05, 0) is 31.2 Å². The quantitative estimate of drug-likeness (QED) is 0.706. The molecule has 3 aromatic rings. The topological polar surface area (TPSA) is 50.9 Å². The number of aromatic nitrogens is 1. The summed E-state index contributed by atoms with van der Waals surface area (Å²) >= 11 is 0. The minimum atomic E-state index is -0.296. The molecular weight excluding hydrogens is 330 g/mol. The fourth-order valence-electron chi connectivity index (χ4n) is 3.47. The van der Waals surface area contributed by atoms with Crippen molar-refractivity contribution in [3.63, 3.8) is 0 Å². The number of ether oxygens (including phenoxy) is 1. The molecule has 0 amide bonds. The smallest absolute Gasteiger partial charge is 0.421 e. The van der Waals surface area contributed by atoms with Crippen LogP contribution in [0.25, 0.3) is 11.1 Å². The highest BCUT2D eigenvalue weighted by molar-refractivity contribution is 5.72. The van der Waals surface area contributed by atoms with E-state index in [2.05, 4.69) is 15.9 Å². The van der Waals surface area contributed by atoms with Crippen molar-refractivity contribution in [2.45, 2.75) is 13.6 Å². The fraction of sp³-hybridized carbons (Fsp3) is 0.350. The van der Waals surface area contributed by atoms with Gasteiger partial charge in [-0.25, -0.2) is 4.79 Å². The third kappa shape index (κ3) is 3.20. The number of oxazole rings is 1. The van der Waals surface area contributed by atoms with Crippen LogP contribution >= 0.6 is 0 Å². The summed E-state index contributed by atoms with van der Waals surface area (Å²) in [5.74, 6) is 0.635. The molecular formula is C20H23N3O3. The van der Waals surface area contributed by atoms with Crippen LogP contribution in [-0.2, 0) is 6.67 Å². The summed E-state index contributed by atoms with van der Waals surface area (Å²) < 4.78 is 12.8. The highest BCUT2D eigenvalue weighted by atomic mass is 16.5. The van der Waals surface area contributed by atoms with E-state index in [-0.39, 0.29) is 5.76 Å². The van der Waals surface area contributed by atoms with Crippen LogP contribution in [0.4, 0.5) is 5.69 Å². The van der Waals surface area contributed by atoms with Crippen molar-refractivity contribution in [2.75, 3.05) is 37.7 Å². The molecule has 0 radical (unpaired) electrons. The Labute approximate surface area is 152 Å². The predicted octanol–water partition coefficient (Wildman–Crippen LogP) is 2.77. The Morgan fingerprint density at radius 2 is 1.73 bits per heavy atom. The molecule has 0 spiro atoms. The van der Waals surface area contributed by atoms with E-state index >= 15 is 0 Å². The zero-order chi connectivity index (χ0) is 17.9. The third-order valence-corrected chi connectivity index (χ3v) is 4.79. The molecule has 0 bridgehead atoms. The van der Waals surface area contributed by atoms with Crippen molar-refractivity contribution in [1.29, 1.82) is 0 Å². The lowest BCUT2D eigenvalue weighted by atomic mass is 10.2. The normalized spacial score (nSPS) is 15.5. The standard InChI is InChI=1S/C20H23N3O3/c1-2-25-18-9-5-3-7-16(18)22-13-11-21(12-14-22)15-23-17-8-4-6-10-19(17)26-20(23)24/h3-10H,2,11-15H2,1H3. The molecule has 2 aromatic carbocycles. The van der Waals surface area contributed by atoms with E-state index in [4.69, 9.17) is 9.15 Å². The number of piperazine rings is 1. The second-order valence-electron chi connectivity index (χ2n) is 6.41. The van der Waals surface area contributed by atoms with E-state index in [0.717, 1.165) is 43.1 Å². The number of hydrogen-bond donors (Lipinski definition) is 0. The Morgan fingerprint density at radius 1 is 1.00 bits per heavy atom. The van der Waals surface area contributed by atoms with Gasteiger partial charge >= 0.3 is 5.76 Å². The van der Waals surface area contributed by atoms with Crippen molar-refractivity contribution in [2.24, 2.45) is 0 Å². The number of hydrogen-bond acceptors (Lipinski definition) is 5. The molecule has 1 aromatic heterocycles. The number of rotatable bonds is 5. The molecule has 2 heterocycles. The van der Waals surface area contributed by atoms with Crippen LogP contribution in [0, 0.1) is 0 Å². The molecule has 136 valence electrons. The van der Waals surface area contributed by atoms with Gasteiger partial charge in [-0.1, -0.05) is 24.3 Å². The van der Waals surface area contributed by atoms with Gasteiger partial charge in [-0.2, -0.15) is 0 Å². The van der Waals surface area contributed by atoms with Gasteiger partial charge in [0.05, 0.1) is 24.5 Å². The molecule has 4 rings (SSSR count). The molecule has 0 unspecified atom stereocenters. The Balaban J connectivity index is 1.46. The summed E-state index contributed by atoms with van der Waals surface area (Å²) in [5.41, 5.74) is 2.63. The first kappa shape index (κ1) is 16.7. The van der Waals surface area contributed by atoms with Gasteiger partial charge in [-0.15, -0.1) is 0 Å². The first-order valence-electron chi connectivity index (χ1n) is 9.04. The molecule has 6 heteroatoms. The Morgan fingerprint density at radius 3 is 2.54 bits per heavy atom. The van der Waals surface area contributed by atoms with Crippen LogP contribution in [0.2, 0.25) is 0 Å². The molecule has 1 aliphatic rings. The number of benzene rings is 2. The number of nitrogens with zero attached hydrogens (tertiary/aromatic N) is 3. The maximum absolute atomic E-state index is 12.2. The predicted molar refractivity (Wildman–Crippen MR) is 102 cm³/mol. The van der Waals surface area contributed by atoms with E-state index < -0.39 is 0 Å². The molecule has 6 nitrogen and oxygen atoms in total. The summed E-state index contributed by atoms with van der Waals surface area (Å²) in [6.45, 7) is 6.77. The van der Waals surface area contributed by atoms with Gasteiger partial charge < -0.3 is 14.1 Å². The van der Waals surface area contributed by atoms with Crippen molar-refractivity contribution in [3.8, 4) is 5.75 Å². The molecule has 0 saturated carbocycles. The first-order valence-corrected chi connectivity index (χ1v) is 9.04. The van der Waals surface area contributed by atoms with Gasteiger partial charge in [0.15, 0.2) is 5.58 Å². The van der Waals surface area contributed by atoms with Crippen LogP contribution in [-0.4, -0.2) is 42.3 Å². The number of fused-ring (bicyclic) bond motifs is 1. The van der Waals surface area contributed by atoms with Gasteiger partial charge in [-0.3, -0.25) is 9.47 Å². The van der Waals surface area contributed by atoms with Gasteiger partial charge in [0.1, 0.15) is 5.75 Å². The molecule has 26 heavy (non-hydrogen) atoms. The summed E-state index contributed by atoms with van der Waals surface area (Å²) in [6.07, 6.45) is 0. The fourth-order valence-corrected chi connectivity index (χ4v) is 3.47. The van der Waals surface area contributed by atoms with Crippen LogP contribution < -0.4 is 15.4 Å². The van der Waals surface area contributed by atoms with E-state index in [1.165, 1.54) is 0 Å². The number of anilines is 1. The highest BCUT2D eigenvalue weighted by Gasteiger charge is 2.21. The average molecular weight is 353 g/mol. The minimum Gasteiger partial charge on any atom is -0.492 e. The van der Waals surface area contributed by atoms with Crippen LogP contribution in [0.5, 0.6) is 5.75 Å². The van der Waals surface area contributed by atoms with Crippen LogP contribution in [0.15, 0.2) is 57.7 Å². The SMILES string of the molecule is CCOc1ccccc1N1CCN(Cn2c(=O)oc3ccccc32)CC1. The maximum Gasteiger partial charge on any atom is 0.421 e. The lowest BCUT2D eigenvalue weighted by Gasteiger charge is -2.36. The second-order valence-corrected chi connectivity index (χ2v) is 6.41. The summed E-state index contributed by atoms with van der Waals surface area (Å²) in [5, 5.41) is 0. The zero-order valence-corrected chi connectivity index (χ0v) is 14.9. The zero-order valence-electron chi connectivity index (χ0n) is 14.9. The van der Waals surface area contributed by atoms with Crippen molar-refractivity contribution >= 4 is 16.8 Å². The highest BCUT2D eigenvalue weighted by Crippen LogP contribution is 2.28. The molecule has 1 aliphatic heterocycles. The Hall–Kier alpha value is -2.73. The van der Waals surface area contributed by atoms with Crippen molar-refractivity contribution < 1.29 is 9.15 Å². The van der Waals surface area contributed by atoms with Gasteiger partial charge in [0.2, 0.25) is 0 Å². The monoisotopic (exact) mass is 353 g/mol. The minimum absolute atomic E-state index is 0.296. The molecule has 0 atom stereocenters. The van der Waals surface area contributed by atoms with E-state index in [1.807, 2.05) is 49.4 Å². The Kier molecular flexibility index (Phi) is 4.67. The molecule has 0 aliphatic carbocycles. The Bertz CT molecular complexity index is 939. The summed E-state index contributed by atoms with van der Waals surface area (Å²) in [6, 6.07) is 15.7. The lowest BCUT2D eigenvalue weighted by Crippen LogP contribution is -2.47. The van der Waals surface area contributed by atoms with Crippen LogP contribution in [0.3, 0.4) is 0 Å². The average Bonchev–Trinajstić information content (AvgIpc) is 2.99. The first-order chi connectivity index (χ1) is 12.8. The largest absolute Gasteiger partial charge is 0.492 e. The van der Waals surface area contributed by atoms with Crippen molar-refractivity contribution in [1.82, 2.24) is 9.47 Å². The lowest BCUT2D eigenvalue weighted by molar-refractivity contribution is 0.201. The molecule has 1 saturated heterocycles. The van der Waals surface area contributed by atoms with E-state index in [0.29, 0.717) is 18.9 Å². The molecule has 0 N–H and O–H groups in total. The summed E-state index contributed by atoms with van der Waals surface area (Å²) in [7, 11) is 0. The second kappa shape index (κ2) is 7.25. The van der Waals surface area contributed by atoms with Gasteiger partial charge in [0.25, 0.3) is 0 Å². The number of para-hydroxylation sites is 4. The maximum atomic E-state index is 12.2. The van der Waals surface area contributed by atoms with Crippen LogP contribution in [0.1, 0.15) is 6.92 Å². The van der Waals surface area contributed by atoms with E-state index in [9.17, 15) is 4.79 Å². The third-order valence-electron chi connectivity index (χ3n) is 4.79. The van der Waals surface area contributed by atoms with E-state index in [1.54, 1.807) is 4.57 Å². The van der Waals surface area contributed by atoms with Gasteiger partial charge in [0, 0.05) is 26.2 Å². The van der Waals surface area contributed by atoms with Crippen molar-refractivity contribution in [3.05, 3.63) is 59.1 Å². The summed E-state index contributed by atoms with van der Waals surface area (Å²) in [4.78, 5) is 16.8.